The molecule has 1 fully saturated rings. The van der Waals surface area contributed by atoms with Crippen LogP contribution in [0, 0.1) is 11.7 Å². The number of benzene rings is 1. The van der Waals surface area contributed by atoms with Crippen LogP contribution in [0.2, 0.25) is 0 Å². The normalized spacial score (nSPS) is 15.6. The average Bonchev–Trinajstić information content (AvgIpc) is 2.85. The standard InChI is InChI=1S/C14H19FN2O/c15-12-5-7-13(8-6-12)17-14(18)16-10-9-11-3-1-2-4-11/h5-8,11H,1-4,9-10H2,(H2,16,17,18). The van der Waals surface area contributed by atoms with Gasteiger partial charge < -0.3 is 10.6 Å². The van der Waals surface area contributed by atoms with Crippen LogP contribution in [-0.2, 0) is 0 Å². The summed E-state index contributed by atoms with van der Waals surface area (Å²) in [5, 5.41) is 5.51. The van der Waals surface area contributed by atoms with Gasteiger partial charge in [0.25, 0.3) is 0 Å². The first-order valence-corrected chi connectivity index (χ1v) is 6.54. The zero-order valence-corrected chi connectivity index (χ0v) is 10.4. The predicted molar refractivity (Wildman–Crippen MR) is 70.0 cm³/mol. The summed E-state index contributed by atoms with van der Waals surface area (Å²) in [4.78, 5) is 11.6. The molecule has 1 aliphatic carbocycles. The fourth-order valence-corrected chi connectivity index (χ4v) is 2.40. The van der Waals surface area contributed by atoms with Crippen molar-refractivity contribution in [1.82, 2.24) is 5.32 Å². The number of carbonyl (C=O) groups excluding carboxylic acids is 1. The Hall–Kier alpha value is -1.58. The highest BCUT2D eigenvalue weighted by Crippen LogP contribution is 2.26. The summed E-state index contributed by atoms with van der Waals surface area (Å²) in [6.45, 7) is 0.706. The summed E-state index contributed by atoms with van der Waals surface area (Å²) in [6.07, 6.45) is 6.29. The molecule has 18 heavy (non-hydrogen) atoms. The van der Waals surface area contributed by atoms with E-state index in [4.69, 9.17) is 0 Å². The number of anilines is 1. The van der Waals surface area contributed by atoms with Crippen LogP contribution in [0.3, 0.4) is 0 Å². The van der Waals surface area contributed by atoms with Crippen LogP contribution in [0.4, 0.5) is 14.9 Å². The second kappa shape index (κ2) is 6.38. The molecule has 2 N–H and O–H groups in total. The van der Waals surface area contributed by atoms with E-state index in [1.165, 1.54) is 37.8 Å². The van der Waals surface area contributed by atoms with Crippen LogP contribution in [0.1, 0.15) is 32.1 Å². The van der Waals surface area contributed by atoms with E-state index in [1.807, 2.05) is 0 Å². The van der Waals surface area contributed by atoms with Gasteiger partial charge in [-0.25, -0.2) is 9.18 Å². The quantitative estimate of drug-likeness (QED) is 0.843. The second-order valence-corrected chi connectivity index (χ2v) is 4.83. The Labute approximate surface area is 107 Å². The van der Waals surface area contributed by atoms with E-state index in [-0.39, 0.29) is 11.8 Å². The predicted octanol–water partition coefficient (Wildman–Crippen LogP) is 3.53. The maximum absolute atomic E-state index is 12.7. The Kier molecular flexibility index (Phi) is 4.56. The van der Waals surface area contributed by atoms with Gasteiger partial charge in [-0.2, -0.15) is 0 Å². The largest absolute Gasteiger partial charge is 0.338 e. The summed E-state index contributed by atoms with van der Waals surface area (Å²) >= 11 is 0. The molecule has 0 unspecified atom stereocenters. The van der Waals surface area contributed by atoms with Crippen LogP contribution in [0.5, 0.6) is 0 Å². The Bertz CT molecular complexity index is 385. The van der Waals surface area contributed by atoms with Crippen molar-refractivity contribution in [2.75, 3.05) is 11.9 Å². The fraction of sp³-hybridized carbons (Fsp3) is 0.500. The first-order valence-electron chi connectivity index (χ1n) is 6.54. The van der Waals surface area contributed by atoms with E-state index in [9.17, 15) is 9.18 Å². The third kappa shape index (κ3) is 4.02. The Balaban J connectivity index is 1.66. The van der Waals surface area contributed by atoms with Gasteiger partial charge in [0.15, 0.2) is 0 Å². The molecule has 1 aromatic carbocycles. The van der Waals surface area contributed by atoms with Crippen molar-refractivity contribution in [3.63, 3.8) is 0 Å². The van der Waals surface area contributed by atoms with Crippen molar-refractivity contribution in [2.24, 2.45) is 5.92 Å². The van der Waals surface area contributed by atoms with Crippen LogP contribution >= 0.6 is 0 Å². The number of carbonyl (C=O) groups is 1. The highest BCUT2D eigenvalue weighted by molar-refractivity contribution is 5.89. The average molecular weight is 250 g/mol. The number of urea groups is 1. The van der Waals surface area contributed by atoms with E-state index in [2.05, 4.69) is 10.6 Å². The molecule has 0 radical (unpaired) electrons. The molecule has 0 spiro atoms. The molecule has 1 aliphatic rings. The molecule has 1 saturated carbocycles. The minimum absolute atomic E-state index is 0.223. The number of hydrogen-bond acceptors (Lipinski definition) is 1. The van der Waals surface area contributed by atoms with Crippen molar-refractivity contribution in [2.45, 2.75) is 32.1 Å². The molecule has 0 atom stereocenters. The van der Waals surface area contributed by atoms with Crippen LogP contribution in [0.15, 0.2) is 24.3 Å². The maximum atomic E-state index is 12.7. The number of rotatable bonds is 4. The summed E-state index contributed by atoms with van der Waals surface area (Å²) in [7, 11) is 0. The molecular weight excluding hydrogens is 231 g/mol. The van der Waals surface area contributed by atoms with Gasteiger partial charge in [0.2, 0.25) is 0 Å². The molecule has 0 bridgehead atoms. The summed E-state index contributed by atoms with van der Waals surface area (Å²) < 4.78 is 12.7. The molecule has 0 saturated heterocycles. The lowest BCUT2D eigenvalue weighted by molar-refractivity contribution is 0.251. The molecule has 98 valence electrons. The Morgan fingerprint density at radius 1 is 1.22 bits per heavy atom. The molecular formula is C14H19FN2O. The van der Waals surface area contributed by atoms with Gasteiger partial charge in [0.05, 0.1) is 0 Å². The van der Waals surface area contributed by atoms with Gasteiger partial charge >= 0.3 is 6.03 Å². The molecule has 2 amide bonds. The summed E-state index contributed by atoms with van der Waals surface area (Å²) in [6, 6.07) is 5.53. The van der Waals surface area contributed by atoms with E-state index < -0.39 is 0 Å². The zero-order chi connectivity index (χ0) is 12.8. The van der Waals surface area contributed by atoms with Gasteiger partial charge in [-0.15, -0.1) is 0 Å². The fourth-order valence-electron chi connectivity index (χ4n) is 2.40. The van der Waals surface area contributed by atoms with Crippen LogP contribution in [0.25, 0.3) is 0 Å². The van der Waals surface area contributed by atoms with Gasteiger partial charge in [0, 0.05) is 12.2 Å². The van der Waals surface area contributed by atoms with E-state index in [0.717, 1.165) is 12.3 Å². The van der Waals surface area contributed by atoms with Gasteiger partial charge in [-0.1, -0.05) is 25.7 Å². The first-order chi connectivity index (χ1) is 8.74. The molecule has 1 aromatic rings. The van der Waals surface area contributed by atoms with E-state index in [0.29, 0.717) is 12.2 Å². The van der Waals surface area contributed by atoms with Gasteiger partial charge in [0.1, 0.15) is 5.82 Å². The van der Waals surface area contributed by atoms with Gasteiger partial charge in [-0.3, -0.25) is 0 Å². The minimum atomic E-state index is -0.304. The number of hydrogen-bond donors (Lipinski definition) is 2. The Morgan fingerprint density at radius 2 is 1.89 bits per heavy atom. The monoisotopic (exact) mass is 250 g/mol. The SMILES string of the molecule is O=C(NCCC1CCCC1)Nc1ccc(F)cc1. The van der Waals surface area contributed by atoms with Crippen molar-refractivity contribution in [3.05, 3.63) is 30.1 Å². The Morgan fingerprint density at radius 3 is 2.56 bits per heavy atom. The lowest BCUT2D eigenvalue weighted by Gasteiger charge is -2.10. The maximum Gasteiger partial charge on any atom is 0.319 e. The van der Waals surface area contributed by atoms with E-state index in [1.54, 1.807) is 12.1 Å². The van der Waals surface area contributed by atoms with Crippen molar-refractivity contribution in [1.29, 1.82) is 0 Å². The van der Waals surface area contributed by atoms with Crippen molar-refractivity contribution in [3.8, 4) is 0 Å². The smallest absolute Gasteiger partial charge is 0.319 e. The molecule has 0 heterocycles. The van der Waals surface area contributed by atoms with Crippen LogP contribution < -0.4 is 10.6 Å². The first kappa shape index (κ1) is 12.9. The molecule has 4 heteroatoms. The topological polar surface area (TPSA) is 41.1 Å². The molecule has 2 rings (SSSR count). The lowest BCUT2D eigenvalue weighted by Crippen LogP contribution is -2.30. The van der Waals surface area contributed by atoms with Crippen molar-refractivity contribution < 1.29 is 9.18 Å². The zero-order valence-electron chi connectivity index (χ0n) is 10.4. The summed E-state index contributed by atoms with van der Waals surface area (Å²) in [5.74, 6) is 0.471. The molecule has 0 aromatic heterocycles. The highest BCUT2D eigenvalue weighted by atomic mass is 19.1. The lowest BCUT2D eigenvalue weighted by atomic mass is 10.0. The van der Waals surface area contributed by atoms with Crippen LogP contribution in [-0.4, -0.2) is 12.6 Å². The highest BCUT2D eigenvalue weighted by Gasteiger charge is 2.14. The third-order valence-corrected chi connectivity index (χ3v) is 3.41. The van der Waals surface area contributed by atoms with Gasteiger partial charge in [-0.05, 0) is 36.6 Å². The molecule has 3 nitrogen and oxygen atoms in total. The number of amides is 2. The second-order valence-electron chi connectivity index (χ2n) is 4.83. The van der Waals surface area contributed by atoms with E-state index >= 15 is 0 Å². The molecule has 0 aliphatic heterocycles. The minimum Gasteiger partial charge on any atom is -0.338 e. The number of nitrogens with one attached hydrogen (secondary N) is 2. The third-order valence-electron chi connectivity index (χ3n) is 3.41. The number of halogens is 1. The van der Waals surface area contributed by atoms with Crippen molar-refractivity contribution >= 4 is 11.7 Å². The summed E-state index contributed by atoms with van der Waals surface area (Å²) in [5.41, 5.74) is 0.606.